The summed E-state index contributed by atoms with van der Waals surface area (Å²) < 4.78 is 5.70. The zero-order valence-corrected chi connectivity index (χ0v) is 10.8. The quantitative estimate of drug-likeness (QED) is 0.761. The third-order valence-corrected chi connectivity index (χ3v) is 2.84. The van der Waals surface area contributed by atoms with E-state index in [0.29, 0.717) is 6.61 Å². The molecule has 0 spiro atoms. The van der Waals surface area contributed by atoms with Gasteiger partial charge >= 0.3 is 0 Å². The molecule has 0 amide bonds. The van der Waals surface area contributed by atoms with Crippen LogP contribution in [0.5, 0.6) is 5.75 Å². The molecule has 0 aliphatic carbocycles. The van der Waals surface area contributed by atoms with E-state index in [2.05, 4.69) is 0 Å². The standard InChI is InChI=1S/C17H15NO/c1-14(11-12-18)16-7-9-17(10-8-16)19-13-15-5-3-2-4-6-15/h2-11H,13H2,1H3. The number of allylic oxidation sites excluding steroid dienone is 2. The van der Waals surface area contributed by atoms with Gasteiger partial charge in [-0.1, -0.05) is 42.5 Å². The Labute approximate surface area is 113 Å². The van der Waals surface area contributed by atoms with Crippen molar-refractivity contribution in [3.63, 3.8) is 0 Å². The molecule has 0 aliphatic heterocycles. The first-order valence-electron chi connectivity index (χ1n) is 6.13. The van der Waals surface area contributed by atoms with Gasteiger partial charge in [0.25, 0.3) is 0 Å². The van der Waals surface area contributed by atoms with Gasteiger partial charge in [-0.3, -0.25) is 0 Å². The van der Waals surface area contributed by atoms with Crippen molar-refractivity contribution in [2.24, 2.45) is 0 Å². The van der Waals surface area contributed by atoms with Crippen molar-refractivity contribution in [1.82, 2.24) is 0 Å². The molecular weight excluding hydrogens is 234 g/mol. The van der Waals surface area contributed by atoms with E-state index in [4.69, 9.17) is 10.00 Å². The number of hydrogen-bond donors (Lipinski definition) is 0. The maximum atomic E-state index is 8.61. The molecule has 2 aromatic carbocycles. The van der Waals surface area contributed by atoms with Gasteiger partial charge in [-0.25, -0.2) is 0 Å². The van der Waals surface area contributed by atoms with Crippen molar-refractivity contribution in [3.8, 4) is 11.8 Å². The average molecular weight is 249 g/mol. The highest BCUT2D eigenvalue weighted by molar-refractivity contribution is 5.66. The third kappa shape index (κ3) is 3.72. The van der Waals surface area contributed by atoms with E-state index in [1.807, 2.05) is 67.6 Å². The van der Waals surface area contributed by atoms with Crippen molar-refractivity contribution in [2.75, 3.05) is 0 Å². The predicted octanol–water partition coefficient (Wildman–Crippen LogP) is 4.19. The minimum Gasteiger partial charge on any atom is -0.489 e. The van der Waals surface area contributed by atoms with Gasteiger partial charge in [-0.2, -0.15) is 5.26 Å². The van der Waals surface area contributed by atoms with E-state index < -0.39 is 0 Å². The minimum absolute atomic E-state index is 0.563. The highest BCUT2D eigenvalue weighted by Gasteiger charge is 1.98. The number of ether oxygens (including phenoxy) is 1. The molecule has 94 valence electrons. The zero-order chi connectivity index (χ0) is 13.5. The fraction of sp³-hybridized carbons (Fsp3) is 0.118. The molecule has 19 heavy (non-hydrogen) atoms. The molecule has 0 bridgehead atoms. The van der Waals surface area contributed by atoms with Crippen LogP contribution in [0.2, 0.25) is 0 Å². The fourth-order valence-electron chi connectivity index (χ4n) is 1.74. The highest BCUT2D eigenvalue weighted by Crippen LogP contribution is 2.19. The largest absolute Gasteiger partial charge is 0.489 e. The Morgan fingerprint density at radius 2 is 1.79 bits per heavy atom. The lowest BCUT2D eigenvalue weighted by Gasteiger charge is -2.07. The van der Waals surface area contributed by atoms with Gasteiger partial charge in [0.05, 0.1) is 6.07 Å². The maximum absolute atomic E-state index is 8.61. The summed E-state index contributed by atoms with van der Waals surface area (Å²) in [5, 5.41) is 8.61. The molecular formula is C17H15NO. The first-order chi connectivity index (χ1) is 9.29. The third-order valence-electron chi connectivity index (χ3n) is 2.84. The lowest BCUT2D eigenvalue weighted by molar-refractivity contribution is 0.306. The summed E-state index contributed by atoms with van der Waals surface area (Å²) >= 11 is 0. The number of hydrogen-bond acceptors (Lipinski definition) is 2. The summed E-state index contributed by atoms with van der Waals surface area (Å²) in [5.74, 6) is 0.831. The van der Waals surface area contributed by atoms with Crippen LogP contribution in [0.4, 0.5) is 0 Å². The van der Waals surface area contributed by atoms with E-state index in [1.54, 1.807) is 6.08 Å². The van der Waals surface area contributed by atoms with Crippen LogP contribution < -0.4 is 4.74 Å². The molecule has 0 aromatic heterocycles. The lowest BCUT2D eigenvalue weighted by Crippen LogP contribution is -1.94. The van der Waals surface area contributed by atoms with Crippen LogP contribution in [0.25, 0.3) is 5.57 Å². The second-order valence-corrected chi connectivity index (χ2v) is 4.26. The smallest absolute Gasteiger partial charge is 0.119 e. The van der Waals surface area contributed by atoms with E-state index in [9.17, 15) is 0 Å². The van der Waals surface area contributed by atoms with Crippen molar-refractivity contribution in [2.45, 2.75) is 13.5 Å². The van der Waals surface area contributed by atoms with E-state index in [0.717, 1.165) is 22.4 Å². The van der Waals surface area contributed by atoms with Gasteiger partial charge in [0.15, 0.2) is 0 Å². The highest BCUT2D eigenvalue weighted by atomic mass is 16.5. The molecule has 0 saturated heterocycles. The molecule has 2 nitrogen and oxygen atoms in total. The molecule has 2 rings (SSSR count). The van der Waals surface area contributed by atoms with Crippen LogP contribution in [0, 0.1) is 11.3 Å². The first kappa shape index (κ1) is 12.9. The van der Waals surface area contributed by atoms with Crippen LogP contribution >= 0.6 is 0 Å². The van der Waals surface area contributed by atoms with Gasteiger partial charge in [0, 0.05) is 6.08 Å². The Kier molecular flexibility index (Phi) is 4.36. The summed E-state index contributed by atoms with van der Waals surface area (Å²) in [4.78, 5) is 0. The first-order valence-corrected chi connectivity index (χ1v) is 6.13. The summed E-state index contributed by atoms with van der Waals surface area (Å²) in [6, 6.07) is 19.9. The molecule has 0 fully saturated rings. The van der Waals surface area contributed by atoms with Crippen molar-refractivity contribution in [1.29, 1.82) is 5.26 Å². The molecule has 0 N–H and O–H groups in total. The van der Waals surface area contributed by atoms with Crippen LogP contribution in [-0.2, 0) is 6.61 Å². The Morgan fingerprint density at radius 3 is 2.42 bits per heavy atom. The SMILES string of the molecule is CC(=CC#N)c1ccc(OCc2ccccc2)cc1. The monoisotopic (exact) mass is 249 g/mol. The van der Waals surface area contributed by atoms with Gasteiger partial charge in [-0.15, -0.1) is 0 Å². The molecule has 2 aromatic rings. The summed E-state index contributed by atoms with van der Waals surface area (Å²) in [6.07, 6.45) is 1.54. The number of benzene rings is 2. The predicted molar refractivity (Wildman–Crippen MR) is 76.5 cm³/mol. The van der Waals surface area contributed by atoms with Crippen molar-refractivity contribution in [3.05, 3.63) is 71.8 Å². The normalized spacial score (nSPS) is 10.8. The van der Waals surface area contributed by atoms with Gasteiger partial charge in [0.1, 0.15) is 12.4 Å². The maximum Gasteiger partial charge on any atom is 0.119 e. The Bertz CT molecular complexity index is 591. The molecule has 0 radical (unpaired) electrons. The van der Waals surface area contributed by atoms with Gasteiger partial charge in [-0.05, 0) is 35.8 Å². The Hall–Kier alpha value is -2.53. The van der Waals surface area contributed by atoms with E-state index in [-0.39, 0.29) is 0 Å². The molecule has 0 aliphatic rings. The number of nitriles is 1. The van der Waals surface area contributed by atoms with Crippen LogP contribution in [0.15, 0.2) is 60.7 Å². The fourth-order valence-corrected chi connectivity index (χ4v) is 1.74. The van der Waals surface area contributed by atoms with Gasteiger partial charge < -0.3 is 4.74 Å². The van der Waals surface area contributed by atoms with Crippen LogP contribution in [0.3, 0.4) is 0 Å². The van der Waals surface area contributed by atoms with Crippen molar-refractivity contribution >= 4 is 5.57 Å². The molecule has 0 unspecified atom stereocenters. The minimum atomic E-state index is 0.563. The second-order valence-electron chi connectivity index (χ2n) is 4.26. The van der Waals surface area contributed by atoms with Crippen LogP contribution in [-0.4, -0.2) is 0 Å². The average Bonchev–Trinajstić information content (AvgIpc) is 2.47. The Morgan fingerprint density at radius 1 is 1.11 bits per heavy atom. The Balaban J connectivity index is 2.00. The van der Waals surface area contributed by atoms with Gasteiger partial charge in [0.2, 0.25) is 0 Å². The van der Waals surface area contributed by atoms with Crippen LogP contribution in [0.1, 0.15) is 18.1 Å². The molecule has 2 heteroatoms. The topological polar surface area (TPSA) is 33.0 Å². The number of rotatable bonds is 4. The zero-order valence-electron chi connectivity index (χ0n) is 10.8. The molecule has 0 heterocycles. The van der Waals surface area contributed by atoms with Crippen molar-refractivity contribution < 1.29 is 4.74 Å². The summed E-state index contributed by atoms with van der Waals surface area (Å²) in [5.41, 5.74) is 3.14. The molecule has 0 saturated carbocycles. The van der Waals surface area contributed by atoms with E-state index in [1.165, 1.54) is 0 Å². The summed E-state index contributed by atoms with van der Waals surface area (Å²) in [6.45, 7) is 2.48. The lowest BCUT2D eigenvalue weighted by atomic mass is 10.1. The number of nitrogens with zero attached hydrogens (tertiary/aromatic N) is 1. The molecule has 0 atom stereocenters. The summed E-state index contributed by atoms with van der Waals surface area (Å²) in [7, 11) is 0. The second kappa shape index (κ2) is 6.42. The van der Waals surface area contributed by atoms with E-state index >= 15 is 0 Å².